The molecule has 0 amide bonds. The first-order valence-corrected chi connectivity index (χ1v) is 1.81. The molecule has 4 nitrogen and oxygen atoms in total. The fourth-order valence-electron chi connectivity index (χ4n) is 0.138. The monoisotopic (exact) mass is 107 g/mol. The van der Waals surface area contributed by atoms with Gasteiger partial charge in [0.2, 0.25) is 6.41 Å². The van der Waals surface area contributed by atoms with E-state index in [9.17, 15) is 0 Å². The van der Waals surface area contributed by atoms with Crippen LogP contribution in [0, 0.1) is 0 Å². The Bertz CT molecular complexity index is 39.2. The molecule has 0 radical (unpaired) electrons. The Morgan fingerprint density at radius 3 is 2.57 bits per heavy atom. The van der Waals surface area contributed by atoms with Crippen molar-refractivity contribution in [2.24, 2.45) is 5.73 Å². The van der Waals surface area contributed by atoms with Gasteiger partial charge in [0, 0.05) is 7.11 Å². The average molecular weight is 107 g/mol. The highest BCUT2D eigenvalue weighted by molar-refractivity contribution is 4.10. The summed E-state index contributed by atoms with van der Waals surface area (Å²) in [5.41, 5.74) is 4.73. The fourth-order valence-corrected chi connectivity index (χ4v) is 0.138. The molecule has 4 heteroatoms. The number of hydrogen-bond donors (Lipinski definition) is 2. The second-order valence-corrected chi connectivity index (χ2v) is 0.964. The van der Waals surface area contributed by atoms with E-state index >= 15 is 0 Å². The minimum atomic E-state index is -1.22. The standard InChI is InChI=1S/C3H9NO3/c1-6-2-7-3(4)5/h3,5H,2,4H2,1H3. The minimum absolute atomic E-state index is 0.0255. The van der Waals surface area contributed by atoms with E-state index in [2.05, 4.69) is 9.47 Å². The highest BCUT2D eigenvalue weighted by Crippen LogP contribution is 1.73. The third-order valence-corrected chi connectivity index (χ3v) is 0.357. The van der Waals surface area contributed by atoms with Crippen LogP contribution in [-0.2, 0) is 9.47 Å². The molecule has 0 aliphatic rings. The van der Waals surface area contributed by atoms with E-state index in [0.29, 0.717) is 0 Å². The maximum Gasteiger partial charge on any atom is 0.213 e. The number of ether oxygens (including phenoxy) is 2. The van der Waals surface area contributed by atoms with Crippen molar-refractivity contribution >= 4 is 0 Å². The van der Waals surface area contributed by atoms with E-state index in [1.807, 2.05) is 0 Å². The molecule has 0 aliphatic heterocycles. The zero-order chi connectivity index (χ0) is 5.70. The third kappa shape index (κ3) is 5.84. The molecule has 1 atom stereocenters. The highest BCUT2D eigenvalue weighted by Gasteiger charge is 1.88. The summed E-state index contributed by atoms with van der Waals surface area (Å²) in [6, 6.07) is 0. The summed E-state index contributed by atoms with van der Waals surface area (Å²) < 4.78 is 8.69. The van der Waals surface area contributed by atoms with Crippen molar-refractivity contribution in [2.75, 3.05) is 13.9 Å². The molecule has 0 aromatic rings. The van der Waals surface area contributed by atoms with Gasteiger partial charge in [-0.15, -0.1) is 0 Å². The van der Waals surface area contributed by atoms with Gasteiger partial charge in [-0.2, -0.15) is 0 Å². The molecule has 0 heterocycles. The van der Waals surface area contributed by atoms with Crippen molar-refractivity contribution < 1.29 is 14.6 Å². The number of methoxy groups -OCH3 is 1. The number of aliphatic hydroxyl groups excluding tert-OH is 1. The van der Waals surface area contributed by atoms with Crippen molar-refractivity contribution in [3.63, 3.8) is 0 Å². The van der Waals surface area contributed by atoms with Crippen LogP contribution < -0.4 is 5.73 Å². The number of nitrogens with two attached hydrogens (primary N) is 1. The van der Waals surface area contributed by atoms with Gasteiger partial charge in [0.05, 0.1) is 0 Å². The average Bonchev–Trinajstić information content (AvgIpc) is 1.61. The molecular weight excluding hydrogens is 98.0 g/mol. The van der Waals surface area contributed by atoms with Crippen molar-refractivity contribution in [3.8, 4) is 0 Å². The molecule has 0 aromatic heterocycles. The summed E-state index contributed by atoms with van der Waals surface area (Å²) in [5.74, 6) is 0. The van der Waals surface area contributed by atoms with Crippen molar-refractivity contribution in [1.29, 1.82) is 0 Å². The second-order valence-electron chi connectivity index (χ2n) is 0.964. The van der Waals surface area contributed by atoms with Crippen molar-refractivity contribution in [3.05, 3.63) is 0 Å². The quantitative estimate of drug-likeness (QED) is 0.446. The SMILES string of the molecule is COCOC(N)O. The van der Waals surface area contributed by atoms with E-state index in [0.717, 1.165) is 0 Å². The summed E-state index contributed by atoms with van der Waals surface area (Å²) in [7, 11) is 1.45. The lowest BCUT2D eigenvalue weighted by atomic mass is 11.1. The maximum absolute atomic E-state index is 8.16. The maximum atomic E-state index is 8.16. The zero-order valence-corrected chi connectivity index (χ0v) is 4.13. The summed E-state index contributed by atoms with van der Waals surface area (Å²) in [6.07, 6.45) is -1.22. The van der Waals surface area contributed by atoms with Gasteiger partial charge in [-0.1, -0.05) is 0 Å². The Morgan fingerprint density at radius 1 is 1.86 bits per heavy atom. The van der Waals surface area contributed by atoms with Crippen LogP contribution in [-0.4, -0.2) is 25.4 Å². The van der Waals surface area contributed by atoms with Gasteiger partial charge >= 0.3 is 0 Å². The molecule has 0 rings (SSSR count). The Morgan fingerprint density at radius 2 is 2.43 bits per heavy atom. The van der Waals surface area contributed by atoms with Crippen LogP contribution in [0.15, 0.2) is 0 Å². The topological polar surface area (TPSA) is 64.7 Å². The Kier molecular flexibility index (Phi) is 3.92. The Balaban J connectivity index is 2.68. The Labute approximate surface area is 41.8 Å². The third-order valence-electron chi connectivity index (χ3n) is 0.357. The van der Waals surface area contributed by atoms with E-state index in [-0.39, 0.29) is 6.79 Å². The molecule has 0 aromatic carbocycles. The van der Waals surface area contributed by atoms with Gasteiger partial charge in [-0.25, -0.2) is 0 Å². The largest absolute Gasteiger partial charge is 0.358 e. The number of aliphatic hydroxyl groups is 1. The fraction of sp³-hybridized carbons (Fsp3) is 1.00. The predicted molar refractivity (Wildman–Crippen MR) is 23.2 cm³/mol. The molecule has 44 valence electrons. The molecule has 7 heavy (non-hydrogen) atoms. The summed E-state index contributed by atoms with van der Waals surface area (Å²) in [4.78, 5) is 0. The summed E-state index contributed by atoms with van der Waals surface area (Å²) in [6.45, 7) is 0.0255. The zero-order valence-electron chi connectivity index (χ0n) is 4.13. The molecule has 0 fully saturated rings. The molecule has 0 saturated carbocycles. The van der Waals surface area contributed by atoms with Crippen LogP contribution in [0.5, 0.6) is 0 Å². The van der Waals surface area contributed by atoms with Gasteiger partial charge in [-0.05, 0) is 0 Å². The Hall–Kier alpha value is -0.160. The van der Waals surface area contributed by atoms with Crippen molar-refractivity contribution in [2.45, 2.75) is 6.41 Å². The van der Waals surface area contributed by atoms with Crippen LogP contribution in [0.2, 0.25) is 0 Å². The van der Waals surface area contributed by atoms with Crippen LogP contribution >= 0.6 is 0 Å². The molecule has 0 spiro atoms. The summed E-state index contributed by atoms with van der Waals surface area (Å²) in [5, 5.41) is 8.16. The summed E-state index contributed by atoms with van der Waals surface area (Å²) >= 11 is 0. The lowest BCUT2D eigenvalue weighted by Crippen LogP contribution is -2.23. The van der Waals surface area contributed by atoms with Crippen LogP contribution in [0.25, 0.3) is 0 Å². The van der Waals surface area contributed by atoms with E-state index in [1.54, 1.807) is 0 Å². The molecule has 0 saturated heterocycles. The van der Waals surface area contributed by atoms with E-state index < -0.39 is 6.41 Å². The van der Waals surface area contributed by atoms with Gasteiger partial charge in [-0.3, -0.25) is 5.73 Å². The highest BCUT2D eigenvalue weighted by atomic mass is 16.7. The lowest BCUT2D eigenvalue weighted by molar-refractivity contribution is -0.156. The van der Waals surface area contributed by atoms with Gasteiger partial charge in [0.25, 0.3) is 0 Å². The number of hydrogen-bond acceptors (Lipinski definition) is 4. The van der Waals surface area contributed by atoms with Gasteiger partial charge in [0.15, 0.2) is 6.79 Å². The molecule has 0 bridgehead atoms. The molecular formula is C3H9NO3. The van der Waals surface area contributed by atoms with Gasteiger partial charge in [0.1, 0.15) is 0 Å². The molecule has 1 unspecified atom stereocenters. The lowest BCUT2D eigenvalue weighted by Gasteiger charge is -2.02. The predicted octanol–water partition coefficient (Wildman–Crippen LogP) is -1.16. The first-order chi connectivity index (χ1) is 3.27. The second kappa shape index (κ2) is 4.01. The van der Waals surface area contributed by atoms with Crippen LogP contribution in [0.1, 0.15) is 0 Å². The first-order valence-electron chi connectivity index (χ1n) is 1.81. The van der Waals surface area contributed by atoms with Gasteiger partial charge < -0.3 is 14.6 Å². The van der Waals surface area contributed by atoms with Crippen LogP contribution in [0.3, 0.4) is 0 Å². The minimum Gasteiger partial charge on any atom is -0.358 e. The molecule has 0 aliphatic carbocycles. The van der Waals surface area contributed by atoms with Crippen molar-refractivity contribution in [1.82, 2.24) is 0 Å². The van der Waals surface area contributed by atoms with E-state index in [4.69, 9.17) is 10.8 Å². The first kappa shape index (κ1) is 6.84. The van der Waals surface area contributed by atoms with Crippen LogP contribution in [0.4, 0.5) is 0 Å². The van der Waals surface area contributed by atoms with E-state index in [1.165, 1.54) is 7.11 Å². The normalized spacial score (nSPS) is 14.1. The number of rotatable bonds is 3. The smallest absolute Gasteiger partial charge is 0.213 e. The molecule has 3 N–H and O–H groups in total.